The van der Waals surface area contributed by atoms with Crippen molar-refractivity contribution in [3.05, 3.63) is 29.8 Å². The number of hydrogen-bond acceptors (Lipinski definition) is 5. The number of benzene rings is 1. The third-order valence-electron chi connectivity index (χ3n) is 3.18. The standard InChI is InChI=1S/C13H18N2O4S.ClH/c1-19-13(16)10-4-2-6-12(8-10)20(17,18)15-11-5-3-7-14-9-11;/h2,4,6,8,11,14-15H,3,5,7,9H2,1H3;1H/t11-;/m1./s1. The van der Waals surface area contributed by atoms with E-state index in [-0.39, 0.29) is 28.9 Å². The van der Waals surface area contributed by atoms with E-state index >= 15 is 0 Å². The normalized spacial score (nSPS) is 18.6. The fourth-order valence-corrected chi connectivity index (χ4v) is 3.46. The average molecular weight is 335 g/mol. The van der Waals surface area contributed by atoms with Crippen LogP contribution in [-0.4, -0.2) is 40.6 Å². The molecule has 1 aliphatic heterocycles. The van der Waals surface area contributed by atoms with Crippen LogP contribution in [0, 0.1) is 0 Å². The fourth-order valence-electron chi connectivity index (χ4n) is 2.15. The van der Waals surface area contributed by atoms with Crippen LogP contribution in [0.15, 0.2) is 29.2 Å². The smallest absolute Gasteiger partial charge is 0.337 e. The molecule has 1 aromatic rings. The molecule has 1 atom stereocenters. The third kappa shape index (κ3) is 4.67. The Morgan fingerprint density at radius 2 is 2.19 bits per heavy atom. The largest absolute Gasteiger partial charge is 0.465 e. The molecular weight excluding hydrogens is 316 g/mol. The zero-order valence-electron chi connectivity index (χ0n) is 11.7. The maximum atomic E-state index is 12.3. The van der Waals surface area contributed by atoms with Gasteiger partial charge in [0, 0.05) is 12.6 Å². The van der Waals surface area contributed by atoms with Crippen LogP contribution in [0.2, 0.25) is 0 Å². The van der Waals surface area contributed by atoms with Crippen LogP contribution >= 0.6 is 12.4 Å². The lowest BCUT2D eigenvalue weighted by molar-refractivity contribution is 0.0600. The van der Waals surface area contributed by atoms with Gasteiger partial charge in [-0.2, -0.15) is 0 Å². The summed E-state index contributed by atoms with van der Waals surface area (Å²) in [5, 5.41) is 3.15. The van der Waals surface area contributed by atoms with Gasteiger partial charge in [0.15, 0.2) is 0 Å². The summed E-state index contributed by atoms with van der Waals surface area (Å²) in [5.74, 6) is -0.554. The van der Waals surface area contributed by atoms with E-state index in [0.717, 1.165) is 19.4 Å². The van der Waals surface area contributed by atoms with Gasteiger partial charge in [0.05, 0.1) is 17.6 Å². The Labute approximate surface area is 130 Å². The maximum Gasteiger partial charge on any atom is 0.337 e. The zero-order valence-corrected chi connectivity index (χ0v) is 13.3. The second-order valence-electron chi connectivity index (χ2n) is 4.68. The van der Waals surface area contributed by atoms with Gasteiger partial charge in [0.2, 0.25) is 10.0 Å². The SMILES string of the molecule is COC(=O)c1cccc(S(=O)(=O)N[C@@H]2CCCNC2)c1.Cl. The van der Waals surface area contributed by atoms with Gasteiger partial charge >= 0.3 is 5.97 Å². The second kappa shape index (κ2) is 7.74. The first-order chi connectivity index (χ1) is 9.53. The molecule has 0 aromatic heterocycles. The van der Waals surface area contributed by atoms with Gasteiger partial charge in [-0.05, 0) is 37.6 Å². The lowest BCUT2D eigenvalue weighted by Crippen LogP contribution is -2.45. The predicted molar refractivity (Wildman–Crippen MR) is 81.2 cm³/mol. The Hall–Kier alpha value is -1.15. The van der Waals surface area contributed by atoms with Crippen LogP contribution in [0.4, 0.5) is 0 Å². The summed E-state index contributed by atoms with van der Waals surface area (Å²) in [5.41, 5.74) is 0.220. The Morgan fingerprint density at radius 1 is 1.43 bits per heavy atom. The van der Waals surface area contributed by atoms with Crippen molar-refractivity contribution >= 4 is 28.4 Å². The first kappa shape index (κ1) is 17.9. The number of ether oxygens (including phenoxy) is 1. The summed E-state index contributed by atoms with van der Waals surface area (Å²) < 4.78 is 31.8. The van der Waals surface area contributed by atoms with E-state index in [1.807, 2.05) is 0 Å². The minimum Gasteiger partial charge on any atom is -0.465 e. The molecule has 1 aliphatic rings. The molecule has 0 saturated carbocycles. The monoisotopic (exact) mass is 334 g/mol. The highest BCUT2D eigenvalue weighted by Gasteiger charge is 2.22. The van der Waals surface area contributed by atoms with Gasteiger partial charge < -0.3 is 10.1 Å². The summed E-state index contributed by atoms with van der Waals surface area (Å²) in [6.07, 6.45) is 1.75. The predicted octanol–water partition coefficient (Wildman–Crippen LogP) is 0.925. The number of hydrogen-bond donors (Lipinski definition) is 2. The molecule has 6 nitrogen and oxygen atoms in total. The van der Waals surface area contributed by atoms with E-state index < -0.39 is 16.0 Å². The molecule has 0 spiro atoms. The van der Waals surface area contributed by atoms with Gasteiger partial charge in [0.25, 0.3) is 0 Å². The van der Waals surface area contributed by atoms with Crippen LogP contribution in [-0.2, 0) is 14.8 Å². The number of sulfonamides is 1. The molecule has 21 heavy (non-hydrogen) atoms. The van der Waals surface area contributed by atoms with Gasteiger partial charge in [-0.1, -0.05) is 6.07 Å². The molecule has 0 aliphatic carbocycles. The van der Waals surface area contributed by atoms with Crippen molar-refractivity contribution in [1.82, 2.24) is 10.0 Å². The topological polar surface area (TPSA) is 84.5 Å². The van der Waals surface area contributed by atoms with Crippen molar-refractivity contribution in [2.24, 2.45) is 0 Å². The number of piperidine rings is 1. The molecule has 0 unspecified atom stereocenters. The maximum absolute atomic E-state index is 12.3. The summed E-state index contributed by atoms with van der Waals surface area (Å²) in [6, 6.07) is 5.72. The highest BCUT2D eigenvalue weighted by molar-refractivity contribution is 7.89. The zero-order chi connectivity index (χ0) is 14.6. The third-order valence-corrected chi connectivity index (χ3v) is 4.70. The number of esters is 1. The molecule has 1 aromatic carbocycles. The Kier molecular flexibility index (Phi) is 6.60. The van der Waals surface area contributed by atoms with Crippen molar-refractivity contribution in [3.8, 4) is 0 Å². The van der Waals surface area contributed by atoms with Crippen molar-refractivity contribution in [1.29, 1.82) is 0 Å². The average Bonchev–Trinajstić information content (AvgIpc) is 2.47. The minimum atomic E-state index is -3.62. The number of carbonyl (C=O) groups excluding carboxylic acids is 1. The van der Waals surface area contributed by atoms with E-state index in [1.165, 1.54) is 31.4 Å². The molecule has 2 N–H and O–H groups in total. The molecule has 0 amide bonds. The number of methoxy groups -OCH3 is 1. The van der Waals surface area contributed by atoms with Gasteiger partial charge in [-0.3, -0.25) is 0 Å². The van der Waals surface area contributed by atoms with E-state index in [9.17, 15) is 13.2 Å². The molecule has 0 radical (unpaired) electrons. The number of carbonyl (C=O) groups is 1. The first-order valence-electron chi connectivity index (χ1n) is 6.44. The summed E-state index contributed by atoms with van der Waals surface area (Å²) in [7, 11) is -2.36. The molecule has 1 heterocycles. The molecule has 1 fully saturated rings. The first-order valence-corrected chi connectivity index (χ1v) is 7.92. The minimum absolute atomic E-state index is 0. The number of nitrogens with one attached hydrogen (secondary N) is 2. The number of halogens is 1. The second-order valence-corrected chi connectivity index (χ2v) is 6.40. The van der Waals surface area contributed by atoms with Crippen LogP contribution in [0.5, 0.6) is 0 Å². The van der Waals surface area contributed by atoms with Gasteiger partial charge in [-0.15, -0.1) is 12.4 Å². The van der Waals surface area contributed by atoms with Gasteiger partial charge in [0.1, 0.15) is 0 Å². The van der Waals surface area contributed by atoms with Crippen LogP contribution in [0.1, 0.15) is 23.2 Å². The van der Waals surface area contributed by atoms with Crippen molar-refractivity contribution in [3.63, 3.8) is 0 Å². The van der Waals surface area contributed by atoms with Crippen molar-refractivity contribution in [2.45, 2.75) is 23.8 Å². The molecular formula is C13H19ClN2O4S. The van der Waals surface area contributed by atoms with E-state index in [2.05, 4.69) is 14.8 Å². The van der Waals surface area contributed by atoms with Crippen LogP contribution < -0.4 is 10.0 Å². The number of rotatable bonds is 4. The molecule has 118 valence electrons. The summed E-state index contributed by atoms with van der Waals surface area (Å²) >= 11 is 0. The van der Waals surface area contributed by atoms with Crippen LogP contribution in [0.3, 0.4) is 0 Å². The molecule has 8 heteroatoms. The van der Waals surface area contributed by atoms with Crippen LogP contribution in [0.25, 0.3) is 0 Å². The summed E-state index contributed by atoms with van der Waals surface area (Å²) in [4.78, 5) is 11.5. The quantitative estimate of drug-likeness (QED) is 0.800. The Morgan fingerprint density at radius 3 is 2.81 bits per heavy atom. The molecule has 1 saturated heterocycles. The highest BCUT2D eigenvalue weighted by atomic mass is 35.5. The molecule has 0 bridgehead atoms. The van der Waals surface area contributed by atoms with E-state index in [0.29, 0.717) is 6.54 Å². The van der Waals surface area contributed by atoms with E-state index in [1.54, 1.807) is 0 Å². The van der Waals surface area contributed by atoms with E-state index in [4.69, 9.17) is 0 Å². The Balaban J connectivity index is 0.00000220. The lowest BCUT2D eigenvalue weighted by Gasteiger charge is -2.23. The fraction of sp³-hybridized carbons (Fsp3) is 0.462. The van der Waals surface area contributed by atoms with Gasteiger partial charge in [-0.25, -0.2) is 17.9 Å². The van der Waals surface area contributed by atoms with Crippen molar-refractivity contribution < 1.29 is 17.9 Å². The van der Waals surface area contributed by atoms with Crippen molar-refractivity contribution in [2.75, 3.05) is 20.2 Å². The molecule has 2 rings (SSSR count). The Bertz CT molecular complexity index is 586. The summed E-state index contributed by atoms with van der Waals surface area (Å²) in [6.45, 7) is 1.53. The highest BCUT2D eigenvalue weighted by Crippen LogP contribution is 2.14. The lowest BCUT2D eigenvalue weighted by atomic mass is 10.1.